The van der Waals surface area contributed by atoms with Crippen molar-refractivity contribution in [1.82, 2.24) is 0 Å². The number of aromatic hydroxyl groups is 1. The average molecular weight is 731 g/mol. The lowest BCUT2D eigenvalue weighted by Crippen LogP contribution is -2.03. The van der Waals surface area contributed by atoms with E-state index in [1.54, 1.807) is 97.1 Å². The van der Waals surface area contributed by atoms with Crippen molar-refractivity contribution in [2.75, 3.05) is 7.11 Å². The number of carbonyl (C=O) groups excluding carboxylic acids is 4. The molecule has 1 unspecified atom stereocenters. The molecule has 0 saturated carbocycles. The van der Waals surface area contributed by atoms with Crippen LogP contribution < -0.4 is 13.8 Å². The fourth-order valence-electron chi connectivity index (χ4n) is 3.91. The van der Waals surface area contributed by atoms with Gasteiger partial charge in [0.15, 0.2) is 36.6 Å². The molecule has 3 aromatic carbocycles. The van der Waals surface area contributed by atoms with E-state index in [0.717, 1.165) is 6.29 Å². The van der Waals surface area contributed by atoms with Crippen LogP contribution in [0.3, 0.4) is 0 Å². The molecule has 0 heterocycles. The summed E-state index contributed by atoms with van der Waals surface area (Å²) in [5.74, 6) is 1.58. The molecular weight excluding hydrogens is 694 g/mol. The Hall–Kier alpha value is -5.60. The molecule has 0 fully saturated rings. The fraction of sp³-hybridized carbons (Fsp3) is 0.105. The van der Waals surface area contributed by atoms with E-state index in [1.165, 1.54) is 7.11 Å². The lowest BCUT2D eigenvalue weighted by molar-refractivity contribution is -0.105. The molecule has 3 aromatic rings. The topological polar surface area (TPSA) is 144 Å². The number of hydrogen-bond donors (Lipinski definition) is 1. The molecule has 11 nitrogen and oxygen atoms in total. The van der Waals surface area contributed by atoms with Gasteiger partial charge in [0.25, 0.3) is 9.03 Å². The second kappa shape index (κ2) is 22.2. The molecular formula is C38H36O11P2. The zero-order valence-electron chi connectivity index (χ0n) is 27.8. The monoisotopic (exact) mass is 730 g/mol. The van der Waals surface area contributed by atoms with E-state index in [4.69, 9.17) is 27.4 Å². The van der Waals surface area contributed by atoms with Crippen LogP contribution in [-0.2, 0) is 29.8 Å². The van der Waals surface area contributed by atoms with Gasteiger partial charge in [0.1, 0.15) is 23.0 Å². The number of allylic oxidation sites excluding steroid dienone is 9. The van der Waals surface area contributed by atoms with Gasteiger partial charge < -0.3 is 27.9 Å². The van der Waals surface area contributed by atoms with Crippen LogP contribution in [0.5, 0.6) is 23.0 Å². The summed E-state index contributed by atoms with van der Waals surface area (Å²) in [6, 6.07) is 18.3. The normalized spacial score (nSPS) is 12.6. The molecule has 0 amide bonds. The number of carbonyl (C=O) groups is 4. The van der Waals surface area contributed by atoms with Crippen LogP contribution in [0.15, 0.2) is 139 Å². The Morgan fingerprint density at radius 3 is 2.14 bits per heavy atom. The van der Waals surface area contributed by atoms with Crippen molar-refractivity contribution >= 4 is 42.8 Å². The number of phenolic OH excluding ortho intramolecular Hbond substituents is 1. The predicted octanol–water partition coefficient (Wildman–Crippen LogP) is 8.64. The van der Waals surface area contributed by atoms with Crippen LogP contribution in [0, 0.1) is 0 Å². The Kier molecular flexibility index (Phi) is 17.3. The van der Waals surface area contributed by atoms with Gasteiger partial charge in [0.2, 0.25) is 0 Å². The van der Waals surface area contributed by atoms with Gasteiger partial charge in [-0.3, -0.25) is 23.7 Å². The number of ether oxygens (including phenoxy) is 1. The third kappa shape index (κ3) is 12.7. The van der Waals surface area contributed by atoms with Crippen molar-refractivity contribution in [2.24, 2.45) is 0 Å². The van der Waals surface area contributed by atoms with Gasteiger partial charge in [-0.25, -0.2) is 0 Å². The Morgan fingerprint density at radius 1 is 0.902 bits per heavy atom. The zero-order valence-corrected chi connectivity index (χ0v) is 29.7. The minimum Gasteiger partial charge on any atom is -0.504 e. The molecule has 0 spiro atoms. The minimum absolute atomic E-state index is 0.0543. The summed E-state index contributed by atoms with van der Waals surface area (Å²) in [6.45, 7) is 5.39. The van der Waals surface area contributed by atoms with Crippen LogP contribution in [0.4, 0.5) is 0 Å². The maximum atomic E-state index is 11.3. The number of para-hydroxylation sites is 3. The summed E-state index contributed by atoms with van der Waals surface area (Å²) < 4.78 is 33.4. The quantitative estimate of drug-likeness (QED) is 0.0442. The smallest absolute Gasteiger partial charge is 0.463 e. The first-order valence-electron chi connectivity index (χ1n) is 15.2. The number of aldehydes is 4. The van der Waals surface area contributed by atoms with Crippen LogP contribution in [0.25, 0.3) is 0 Å². The van der Waals surface area contributed by atoms with Crippen molar-refractivity contribution in [1.29, 1.82) is 0 Å². The van der Waals surface area contributed by atoms with Crippen molar-refractivity contribution in [2.45, 2.75) is 20.0 Å². The maximum absolute atomic E-state index is 11.3. The Morgan fingerprint density at radius 2 is 1.55 bits per heavy atom. The van der Waals surface area contributed by atoms with Crippen LogP contribution in [0.2, 0.25) is 0 Å². The number of hydrogen-bond acceptors (Lipinski definition) is 11. The Labute approximate surface area is 299 Å². The molecule has 1 N–H and O–H groups in total. The van der Waals surface area contributed by atoms with Crippen LogP contribution >= 0.6 is 17.6 Å². The highest BCUT2D eigenvalue weighted by Crippen LogP contribution is 2.44. The molecule has 0 saturated heterocycles. The van der Waals surface area contributed by atoms with Gasteiger partial charge in [-0.15, -0.1) is 0 Å². The molecule has 1 aliphatic carbocycles. The maximum Gasteiger partial charge on any atom is 0.463 e. The SMILES string of the molecule is C=C(C=O)/C(=C\C=C/C)OPOC1=CC=CCC=C1C=O.COc1cccc(COP(Oc2ccccc2C=O)Oc2ccccc2C=O)c1O. The largest absolute Gasteiger partial charge is 0.504 e. The fourth-order valence-corrected chi connectivity index (χ4v) is 5.56. The van der Waals surface area contributed by atoms with Gasteiger partial charge in [0.05, 0.1) is 30.4 Å². The number of rotatable bonds is 18. The minimum atomic E-state index is -2.08. The van der Waals surface area contributed by atoms with Crippen LogP contribution in [-0.4, -0.2) is 37.4 Å². The van der Waals surface area contributed by atoms with Crippen molar-refractivity contribution < 1.29 is 51.6 Å². The summed E-state index contributed by atoms with van der Waals surface area (Å²) in [5, 5.41) is 10.3. The molecule has 4 rings (SSSR count). The molecule has 0 radical (unpaired) electrons. The highest BCUT2D eigenvalue weighted by atomic mass is 31.2. The molecule has 51 heavy (non-hydrogen) atoms. The molecule has 0 bridgehead atoms. The summed E-state index contributed by atoms with van der Waals surface area (Å²) >= 11 is 0. The first kappa shape index (κ1) is 39.8. The second-order valence-corrected chi connectivity index (χ2v) is 11.6. The number of methoxy groups -OCH3 is 1. The van der Waals surface area contributed by atoms with Crippen LogP contribution in [0.1, 0.15) is 39.6 Å². The summed E-state index contributed by atoms with van der Waals surface area (Å²) in [5.41, 5.74) is 1.81. The highest BCUT2D eigenvalue weighted by Gasteiger charge is 2.22. The van der Waals surface area contributed by atoms with E-state index in [1.807, 2.05) is 19.1 Å². The van der Waals surface area contributed by atoms with Crippen molar-refractivity contribution in [3.63, 3.8) is 0 Å². The van der Waals surface area contributed by atoms with Gasteiger partial charge in [0, 0.05) is 11.1 Å². The molecule has 13 heteroatoms. The molecule has 1 atom stereocenters. The second-order valence-electron chi connectivity index (χ2n) is 9.92. The first-order valence-corrected chi connectivity index (χ1v) is 17.1. The van der Waals surface area contributed by atoms with E-state index in [-0.39, 0.29) is 38.5 Å². The average Bonchev–Trinajstić information content (AvgIpc) is 3.41. The molecule has 0 aliphatic heterocycles. The highest BCUT2D eigenvalue weighted by molar-refractivity contribution is 7.42. The van der Waals surface area contributed by atoms with Gasteiger partial charge in [-0.1, -0.05) is 73.4 Å². The predicted molar refractivity (Wildman–Crippen MR) is 196 cm³/mol. The number of benzene rings is 3. The van der Waals surface area contributed by atoms with E-state index in [9.17, 15) is 24.3 Å². The van der Waals surface area contributed by atoms with Gasteiger partial charge in [-0.05, 0) is 55.8 Å². The third-order valence-electron chi connectivity index (χ3n) is 6.54. The van der Waals surface area contributed by atoms with Crippen molar-refractivity contribution in [3.05, 3.63) is 155 Å². The van der Waals surface area contributed by atoms with E-state index < -0.39 is 8.60 Å². The van der Waals surface area contributed by atoms with Gasteiger partial charge in [-0.2, -0.15) is 0 Å². The number of phenols is 1. The van der Waals surface area contributed by atoms with Crippen molar-refractivity contribution in [3.8, 4) is 23.0 Å². The summed E-state index contributed by atoms with van der Waals surface area (Å²) in [7, 11) is -1.01. The van der Waals surface area contributed by atoms with Gasteiger partial charge >= 0.3 is 8.60 Å². The molecule has 1 aliphatic rings. The standard InChI is InChI=1S/C22H19O7P.C16H17O4P/c1-26-21-12-6-9-18(22(21)25)15-27-30(28-19-10-4-2-7-16(19)13-23)29-20-11-5-3-8-17(20)14-24;1-3-4-9-15(13(2)11-17)19-21-20-16-10-7-5-6-8-14(16)12-18/h2-14,25H,15H2,1H3;3-5,7-12,21H,2,6H2,1H3/b;4-3-,15-9+. The third-order valence-corrected chi connectivity index (χ3v) is 8.17. The lowest BCUT2D eigenvalue weighted by atomic mass is 10.2. The summed E-state index contributed by atoms with van der Waals surface area (Å²) in [4.78, 5) is 44.4. The zero-order chi connectivity index (χ0) is 36.8. The lowest BCUT2D eigenvalue weighted by Gasteiger charge is -2.19. The van der Waals surface area contributed by atoms with E-state index in [2.05, 4.69) is 6.58 Å². The molecule has 264 valence electrons. The summed E-state index contributed by atoms with van der Waals surface area (Å²) in [6.07, 6.45) is 15.7. The Balaban J connectivity index is 0.000000295. The van der Waals surface area contributed by atoms with E-state index >= 15 is 0 Å². The molecule has 0 aromatic heterocycles. The Bertz CT molecular complexity index is 1770. The van der Waals surface area contributed by atoms with E-state index in [0.29, 0.717) is 64.8 Å². The first-order chi connectivity index (χ1) is 24.9.